The van der Waals surface area contributed by atoms with Crippen LogP contribution in [0, 0.1) is 0 Å². The van der Waals surface area contributed by atoms with Gasteiger partial charge in [0.05, 0.1) is 7.11 Å². The van der Waals surface area contributed by atoms with Crippen LogP contribution in [-0.4, -0.2) is 35.0 Å². The van der Waals surface area contributed by atoms with Crippen molar-refractivity contribution in [2.24, 2.45) is 0 Å². The maximum absolute atomic E-state index is 11.0. The van der Waals surface area contributed by atoms with E-state index in [0.717, 1.165) is 0 Å². The molecule has 2 N–H and O–H groups in total. The number of rotatable bonds is 1. The van der Waals surface area contributed by atoms with Crippen molar-refractivity contribution in [1.82, 2.24) is 0 Å². The quantitative estimate of drug-likeness (QED) is 0.417. The molecule has 0 saturated heterocycles. The molecule has 0 aromatic rings. The Morgan fingerprint density at radius 1 is 1.75 bits per heavy atom. The van der Waals surface area contributed by atoms with E-state index in [9.17, 15) is 15.0 Å². The SMILES string of the molecule is COC(=O)[C@]1(O)CCC=C[C@H]1O. The third-order valence-corrected chi connectivity index (χ3v) is 2.04. The zero-order chi connectivity index (χ0) is 9.19. The average Bonchev–Trinajstić information content (AvgIpc) is 2.09. The molecule has 1 aliphatic carbocycles. The molecule has 1 rings (SSSR count). The maximum Gasteiger partial charge on any atom is 0.340 e. The predicted octanol–water partition coefficient (Wildman–Crippen LogP) is -0.399. The highest BCUT2D eigenvalue weighted by Gasteiger charge is 2.44. The Bertz CT molecular complexity index is 211. The summed E-state index contributed by atoms with van der Waals surface area (Å²) in [4.78, 5) is 11.0. The molecule has 1 aliphatic rings. The predicted molar refractivity (Wildman–Crippen MR) is 41.3 cm³/mol. The van der Waals surface area contributed by atoms with Crippen molar-refractivity contribution in [3.63, 3.8) is 0 Å². The van der Waals surface area contributed by atoms with Crippen LogP contribution in [0.25, 0.3) is 0 Å². The zero-order valence-corrected chi connectivity index (χ0v) is 6.86. The fourth-order valence-electron chi connectivity index (χ4n) is 1.24. The summed E-state index contributed by atoms with van der Waals surface area (Å²) in [5, 5.41) is 18.9. The largest absolute Gasteiger partial charge is 0.467 e. The second-order valence-corrected chi connectivity index (χ2v) is 2.83. The third kappa shape index (κ3) is 1.35. The van der Waals surface area contributed by atoms with Gasteiger partial charge in [-0.3, -0.25) is 0 Å². The number of hydrogen-bond acceptors (Lipinski definition) is 4. The first-order chi connectivity index (χ1) is 5.61. The summed E-state index contributed by atoms with van der Waals surface area (Å²) in [5.74, 6) is -0.778. The summed E-state index contributed by atoms with van der Waals surface area (Å²) in [6.07, 6.45) is 2.75. The normalized spacial score (nSPS) is 34.8. The van der Waals surface area contributed by atoms with Crippen molar-refractivity contribution < 1.29 is 19.7 Å². The molecule has 0 unspecified atom stereocenters. The number of hydrogen-bond donors (Lipinski definition) is 2. The number of esters is 1. The molecular weight excluding hydrogens is 160 g/mol. The third-order valence-electron chi connectivity index (χ3n) is 2.04. The first-order valence-electron chi connectivity index (χ1n) is 3.77. The van der Waals surface area contributed by atoms with Gasteiger partial charge in [0, 0.05) is 0 Å². The molecule has 4 nitrogen and oxygen atoms in total. The molecule has 0 bridgehead atoms. The highest BCUT2D eigenvalue weighted by atomic mass is 16.5. The number of carbonyl (C=O) groups excluding carboxylic acids is 1. The highest BCUT2D eigenvalue weighted by Crippen LogP contribution is 2.24. The minimum absolute atomic E-state index is 0.206. The zero-order valence-electron chi connectivity index (χ0n) is 6.86. The van der Waals surface area contributed by atoms with E-state index in [0.29, 0.717) is 6.42 Å². The fourth-order valence-corrected chi connectivity index (χ4v) is 1.24. The van der Waals surface area contributed by atoms with E-state index in [1.807, 2.05) is 0 Å². The van der Waals surface area contributed by atoms with Crippen molar-refractivity contribution in [3.8, 4) is 0 Å². The van der Waals surface area contributed by atoms with Gasteiger partial charge in [0.15, 0.2) is 5.60 Å². The van der Waals surface area contributed by atoms with E-state index in [1.165, 1.54) is 13.2 Å². The Morgan fingerprint density at radius 3 is 2.92 bits per heavy atom. The van der Waals surface area contributed by atoms with Crippen molar-refractivity contribution in [2.45, 2.75) is 24.5 Å². The Morgan fingerprint density at radius 2 is 2.42 bits per heavy atom. The van der Waals surface area contributed by atoms with Crippen LogP contribution in [0.15, 0.2) is 12.2 Å². The molecule has 0 fully saturated rings. The second-order valence-electron chi connectivity index (χ2n) is 2.83. The number of allylic oxidation sites excluding steroid dienone is 1. The molecule has 0 aromatic carbocycles. The van der Waals surface area contributed by atoms with E-state index < -0.39 is 17.7 Å². The summed E-state index contributed by atoms with van der Waals surface area (Å²) in [6.45, 7) is 0. The molecule has 0 heterocycles. The summed E-state index contributed by atoms with van der Waals surface area (Å²) in [5.41, 5.74) is -1.75. The lowest BCUT2D eigenvalue weighted by molar-refractivity contribution is -0.173. The van der Waals surface area contributed by atoms with Gasteiger partial charge in [-0.2, -0.15) is 0 Å². The van der Waals surface area contributed by atoms with Crippen molar-refractivity contribution in [3.05, 3.63) is 12.2 Å². The lowest BCUT2D eigenvalue weighted by atomic mass is 9.87. The number of ether oxygens (including phenoxy) is 1. The summed E-state index contributed by atoms with van der Waals surface area (Å²) < 4.78 is 4.38. The number of methoxy groups -OCH3 is 1. The Balaban J connectivity index is 2.82. The Kier molecular flexibility index (Phi) is 2.49. The molecule has 0 aromatic heterocycles. The van der Waals surface area contributed by atoms with Crippen LogP contribution in [0.4, 0.5) is 0 Å². The molecule has 4 heteroatoms. The number of aliphatic hydroxyl groups excluding tert-OH is 1. The summed E-state index contributed by atoms with van der Waals surface area (Å²) in [6, 6.07) is 0. The molecule has 12 heavy (non-hydrogen) atoms. The minimum Gasteiger partial charge on any atom is -0.467 e. The Labute approximate surface area is 70.5 Å². The lowest BCUT2D eigenvalue weighted by Gasteiger charge is -2.30. The smallest absolute Gasteiger partial charge is 0.340 e. The molecule has 0 amide bonds. The van der Waals surface area contributed by atoms with Gasteiger partial charge in [-0.05, 0) is 12.8 Å². The van der Waals surface area contributed by atoms with Gasteiger partial charge < -0.3 is 14.9 Å². The molecule has 0 aliphatic heterocycles. The Hall–Kier alpha value is -0.870. The van der Waals surface area contributed by atoms with Gasteiger partial charge in [0.2, 0.25) is 0 Å². The average molecular weight is 172 g/mol. The van der Waals surface area contributed by atoms with Crippen LogP contribution < -0.4 is 0 Å². The van der Waals surface area contributed by atoms with Gasteiger partial charge in [-0.25, -0.2) is 4.79 Å². The molecule has 2 atom stereocenters. The van der Waals surface area contributed by atoms with Crippen LogP contribution in [0.2, 0.25) is 0 Å². The standard InChI is InChI=1S/C8H12O4/c1-12-7(10)8(11)5-3-2-4-6(8)9/h2,4,6,9,11H,3,5H2,1H3/t6-,8+/m1/s1. The highest BCUT2D eigenvalue weighted by molar-refractivity contribution is 5.80. The van der Waals surface area contributed by atoms with Gasteiger partial charge >= 0.3 is 5.97 Å². The monoisotopic (exact) mass is 172 g/mol. The molecule has 68 valence electrons. The lowest BCUT2D eigenvalue weighted by Crippen LogP contribution is -2.50. The van der Waals surface area contributed by atoms with Crippen LogP contribution in [0.3, 0.4) is 0 Å². The van der Waals surface area contributed by atoms with Crippen LogP contribution in [0.1, 0.15) is 12.8 Å². The second kappa shape index (κ2) is 3.25. The molecular formula is C8H12O4. The molecule has 0 radical (unpaired) electrons. The molecule has 0 saturated carbocycles. The topological polar surface area (TPSA) is 66.8 Å². The fraction of sp³-hybridized carbons (Fsp3) is 0.625. The maximum atomic E-state index is 11.0. The first kappa shape index (κ1) is 9.22. The molecule has 0 spiro atoms. The minimum atomic E-state index is -1.75. The van der Waals surface area contributed by atoms with E-state index in [1.54, 1.807) is 6.08 Å². The number of aliphatic hydroxyl groups is 2. The van der Waals surface area contributed by atoms with E-state index in [-0.39, 0.29) is 6.42 Å². The summed E-state index contributed by atoms with van der Waals surface area (Å²) in [7, 11) is 1.19. The van der Waals surface area contributed by atoms with Crippen LogP contribution in [0.5, 0.6) is 0 Å². The number of carbonyl (C=O) groups is 1. The van der Waals surface area contributed by atoms with Gasteiger partial charge in [0.25, 0.3) is 0 Å². The van der Waals surface area contributed by atoms with Crippen molar-refractivity contribution in [1.29, 1.82) is 0 Å². The first-order valence-corrected chi connectivity index (χ1v) is 3.77. The van der Waals surface area contributed by atoms with Gasteiger partial charge in [-0.15, -0.1) is 0 Å². The van der Waals surface area contributed by atoms with E-state index >= 15 is 0 Å². The van der Waals surface area contributed by atoms with Crippen LogP contribution >= 0.6 is 0 Å². The van der Waals surface area contributed by atoms with E-state index in [4.69, 9.17) is 0 Å². The van der Waals surface area contributed by atoms with Crippen molar-refractivity contribution in [2.75, 3.05) is 7.11 Å². The van der Waals surface area contributed by atoms with E-state index in [2.05, 4.69) is 4.74 Å². The van der Waals surface area contributed by atoms with Crippen molar-refractivity contribution >= 4 is 5.97 Å². The summed E-state index contributed by atoms with van der Waals surface area (Å²) >= 11 is 0. The van der Waals surface area contributed by atoms with Gasteiger partial charge in [0.1, 0.15) is 6.10 Å². The van der Waals surface area contributed by atoms with Gasteiger partial charge in [-0.1, -0.05) is 12.2 Å². The van der Waals surface area contributed by atoms with Crippen LogP contribution in [-0.2, 0) is 9.53 Å².